The monoisotopic (exact) mass is 291 g/mol. The van der Waals surface area contributed by atoms with Crippen molar-refractivity contribution in [3.8, 4) is 0 Å². The third kappa shape index (κ3) is 2.99. The van der Waals surface area contributed by atoms with E-state index >= 15 is 0 Å². The fraction of sp³-hybridized carbons (Fsp3) is 0.381. The van der Waals surface area contributed by atoms with Gasteiger partial charge in [0, 0.05) is 10.8 Å². The maximum atomic E-state index is 4.87. The SMILES string of the molecule is CCCCc1ccc2nc3ccccc3cc2c1CCCC. The molecule has 0 fully saturated rings. The Morgan fingerprint density at radius 2 is 1.59 bits per heavy atom. The molecule has 114 valence electrons. The standard InChI is InChI=1S/C21H25N/c1-3-5-9-16-13-14-21-19(18(16)11-6-4-2)15-17-10-7-8-12-20(17)22-21/h7-8,10,12-15H,3-6,9,11H2,1-2H3. The van der Waals surface area contributed by atoms with E-state index in [-0.39, 0.29) is 0 Å². The van der Waals surface area contributed by atoms with Crippen molar-refractivity contribution in [1.82, 2.24) is 4.98 Å². The van der Waals surface area contributed by atoms with Crippen molar-refractivity contribution in [2.24, 2.45) is 0 Å². The molecule has 0 aliphatic carbocycles. The maximum absolute atomic E-state index is 4.87. The number of aryl methyl sites for hydroxylation is 2. The van der Waals surface area contributed by atoms with Gasteiger partial charge in [0.05, 0.1) is 11.0 Å². The van der Waals surface area contributed by atoms with Crippen LogP contribution in [0, 0.1) is 0 Å². The van der Waals surface area contributed by atoms with E-state index in [1.807, 2.05) is 0 Å². The van der Waals surface area contributed by atoms with Gasteiger partial charge in [0.15, 0.2) is 0 Å². The van der Waals surface area contributed by atoms with Gasteiger partial charge in [0.2, 0.25) is 0 Å². The zero-order chi connectivity index (χ0) is 15.4. The van der Waals surface area contributed by atoms with Crippen LogP contribution >= 0.6 is 0 Å². The first-order valence-corrected chi connectivity index (χ1v) is 8.63. The second kappa shape index (κ2) is 6.91. The molecule has 0 N–H and O–H groups in total. The topological polar surface area (TPSA) is 12.9 Å². The van der Waals surface area contributed by atoms with Gasteiger partial charge in [-0.2, -0.15) is 0 Å². The van der Waals surface area contributed by atoms with E-state index in [1.165, 1.54) is 60.4 Å². The molecule has 1 heteroatoms. The summed E-state index contributed by atoms with van der Waals surface area (Å²) in [5, 5.41) is 2.61. The average Bonchev–Trinajstić information content (AvgIpc) is 2.56. The van der Waals surface area contributed by atoms with E-state index in [4.69, 9.17) is 4.98 Å². The summed E-state index contributed by atoms with van der Waals surface area (Å²) in [7, 11) is 0. The van der Waals surface area contributed by atoms with Gasteiger partial charge in [0.25, 0.3) is 0 Å². The van der Waals surface area contributed by atoms with Gasteiger partial charge in [-0.3, -0.25) is 0 Å². The molecule has 0 amide bonds. The average molecular weight is 291 g/mol. The first kappa shape index (κ1) is 15.0. The Kier molecular flexibility index (Phi) is 4.72. The first-order chi connectivity index (χ1) is 10.8. The molecule has 1 nitrogen and oxygen atoms in total. The van der Waals surface area contributed by atoms with Crippen molar-refractivity contribution in [2.45, 2.75) is 52.4 Å². The Morgan fingerprint density at radius 1 is 0.818 bits per heavy atom. The summed E-state index contributed by atoms with van der Waals surface area (Å²) in [6.07, 6.45) is 7.38. The predicted octanol–water partition coefficient (Wildman–Crippen LogP) is 6.07. The van der Waals surface area contributed by atoms with E-state index in [0.29, 0.717) is 0 Å². The van der Waals surface area contributed by atoms with Crippen LogP contribution in [0.1, 0.15) is 50.7 Å². The number of pyridine rings is 1. The van der Waals surface area contributed by atoms with Crippen LogP contribution in [0.3, 0.4) is 0 Å². The number of unbranched alkanes of at least 4 members (excludes halogenated alkanes) is 2. The Hall–Kier alpha value is -1.89. The lowest BCUT2D eigenvalue weighted by atomic mass is 9.93. The van der Waals surface area contributed by atoms with Crippen LogP contribution < -0.4 is 0 Å². The summed E-state index contributed by atoms with van der Waals surface area (Å²) in [4.78, 5) is 4.87. The number of rotatable bonds is 6. The molecule has 3 aromatic rings. The van der Waals surface area contributed by atoms with E-state index in [0.717, 1.165) is 11.0 Å². The minimum Gasteiger partial charge on any atom is -0.248 e. The summed E-state index contributed by atoms with van der Waals surface area (Å²) in [5.41, 5.74) is 5.30. The molecule has 0 unspecified atom stereocenters. The third-order valence-corrected chi connectivity index (χ3v) is 4.49. The van der Waals surface area contributed by atoms with Crippen LogP contribution in [-0.2, 0) is 12.8 Å². The molecular formula is C21H25N. The van der Waals surface area contributed by atoms with Crippen LogP contribution in [0.15, 0.2) is 42.5 Å². The molecule has 2 aromatic carbocycles. The van der Waals surface area contributed by atoms with Gasteiger partial charge >= 0.3 is 0 Å². The first-order valence-electron chi connectivity index (χ1n) is 8.63. The molecule has 0 bridgehead atoms. The van der Waals surface area contributed by atoms with Crippen molar-refractivity contribution in [3.05, 3.63) is 53.6 Å². The zero-order valence-electron chi connectivity index (χ0n) is 13.7. The van der Waals surface area contributed by atoms with Gasteiger partial charge < -0.3 is 0 Å². The highest BCUT2D eigenvalue weighted by Gasteiger charge is 2.09. The van der Waals surface area contributed by atoms with Crippen LogP contribution in [0.4, 0.5) is 0 Å². The van der Waals surface area contributed by atoms with Crippen molar-refractivity contribution < 1.29 is 0 Å². The number of fused-ring (bicyclic) bond motifs is 2. The van der Waals surface area contributed by atoms with Crippen molar-refractivity contribution in [2.75, 3.05) is 0 Å². The molecule has 3 rings (SSSR count). The molecule has 22 heavy (non-hydrogen) atoms. The van der Waals surface area contributed by atoms with Gasteiger partial charge in [-0.05, 0) is 55.0 Å². The number of aromatic nitrogens is 1. The molecule has 0 aliphatic heterocycles. The van der Waals surface area contributed by atoms with Crippen LogP contribution in [0.5, 0.6) is 0 Å². The van der Waals surface area contributed by atoms with Crippen molar-refractivity contribution in [1.29, 1.82) is 0 Å². The lowest BCUT2D eigenvalue weighted by Crippen LogP contribution is -1.98. The molecule has 0 atom stereocenters. The Labute approximate surface area is 133 Å². The third-order valence-electron chi connectivity index (χ3n) is 4.49. The molecular weight excluding hydrogens is 266 g/mol. The highest BCUT2D eigenvalue weighted by Crippen LogP contribution is 2.27. The van der Waals surface area contributed by atoms with Crippen LogP contribution in [0.2, 0.25) is 0 Å². The molecule has 0 saturated carbocycles. The van der Waals surface area contributed by atoms with Gasteiger partial charge in [-0.15, -0.1) is 0 Å². The quantitative estimate of drug-likeness (QED) is 0.502. The van der Waals surface area contributed by atoms with Gasteiger partial charge in [0.1, 0.15) is 0 Å². The number of nitrogens with zero attached hydrogens (tertiary/aromatic N) is 1. The second-order valence-corrected chi connectivity index (χ2v) is 6.16. The fourth-order valence-corrected chi connectivity index (χ4v) is 3.20. The molecule has 1 heterocycles. The summed E-state index contributed by atoms with van der Waals surface area (Å²) >= 11 is 0. The summed E-state index contributed by atoms with van der Waals surface area (Å²) in [6, 6.07) is 15.3. The Balaban J connectivity index is 2.17. The molecule has 0 spiro atoms. The smallest absolute Gasteiger partial charge is 0.0712 e. The zero-order valence-corrected chi connectivity index (χ0v) is 13.7. The van der Waals surface area contributed by atoms with Gasteiger partial charge in [-0.25, -0.2) is 4.98 Å². The number of hydrogen-bond acceptors (Lipinski definition) is 1. The van der Waals surface area contributed by atoms with Crippen LogP contribution in [0.25, 0.3) is 21.8 Å². The highest BCUT2D eigenvalue weighted by atomic mass is 14.7. The van der Waals surface area contributed by atoms with Gasteiger partial charge in [-0.1, -0.05) is 51.0 Å². The lowest BCUT2D eigenvalue weighted by molar-refractivity contribution is 0.762. The minimum absolute atomic E-state index is 1.10. The Bertz CT molecular complexity index is 773. The predicted molar refractivity (Wildman–Crippen MR) is 96.5 cm³/mol. The van der Waals surface area contributed by atoms with E-state index < -0.39 is 0 Å². The van der Waals surface area contributed by atoms with Crippen molar-refractivity contribution >= 4 is 21.8 Å². The minimum atomic E-state index is 1.10. The molecule has 1 aromatic heterocycles. The van der Waals surface area contributed by atoms with Crippen molar-refractivity contribution in [3.63, 3.8) is 0 Å². The number of hydrogen-bond donors (Lipinski definition) is 0. The number of para-hydroxylation sites is 1. The second-order valence-electron chi connectivity index (χ2n) is 6.16. The normalized spacial score (nSPS) is 11.4. The largest absolute Gasteiger partial charge is 0.248 e. The molecule has 0 saturated heterocycles. The summed E-state index contributed by atoms with van der Waals surface area (Å²) in [5.74, 6) is 0. The molecule has 0 aliphatic rings. The van der Waals surface area contributed by atoms with E-state index in [1.54, 1.807) is 0 Å². The summed E-state index contributed by atoms with van der Waals surface area (Å²) in [6.45, 7) is 4.53. The molecule has 0 radical (unpaired) electrons. The fourth-order valence-electron chi connectivity index (χ4n) is 3.20. The lowest BCUT2D eigenvalue weighted by Gasteiger charge is -2.13. The van der Waals surface area contributed by atoms with Crippen LogP contribution in [-0.4, -0.2) is 4.98 Å². The summed E-state index contributed by atoms with van der Waals surface area (Å²) < 4.78 is 0. The maximum Gasteiger partial charge on any atom is 0.0712 e. The Morgan fingerprint density at radius 3 is 2.41 bits per heavy atom. The number of benzene rings is 2. The van der Waals surface area contributed by atoms with E-state index in [2.05, 4.69) is 56.3 Å². The van der Waals surface area contributed by atoms with E-state index in [9.17, 15) is 0 Å². The highest BCUT2D eigenvalue weighted by molar-refractivity contribution is 5.94.